The molecule has 0 saturated heterocycles. The lowest BCUT2D eigenvalue weighted by molar-refractivity contribution is 0.00214. The van der Waals surface area contributed by atoms with Gasteiger partial charge in [0.25, 0.3) is 0 Å². The fourth-order valence-electron chi connectivity index (χ4n) is 5.54. The second-order valence-corrected chi connectivity index (χ2v) is 10.0. The van der Waals surface area contributed by atoms with Crippen molar-refractivity contribution in [1.82, 2.24) is 0 Å². The second-order valence-electron chi connectivity index (χ2n) is 10.0. The summed E-state index contributed by atoms with van der Waals surface area (Å²) in [6.45, 7) is 0. The van der Waals surface area contributed by atoms with Crippen LogP contribution in [-0.4, -0.2) is 53.1 Å². The topological polar surface area (TPSA) is 180 Å². The summed E-state index contributed by atoms with van der Waals surface area (Å²) in [5, 5.41) is 83.6. The van der Waals surface area contributed by atoms with Crippen molar-refractivity contribution in [3.8, 4) is 46.0 Å². The number of rotatable bonds is 3. The Kier molecular flexibility index (Phi) is 6.01. The molecule has 0 saturated carbocycles. The molecule has 10 heteroatoms. The quantitative estimate of drug-likeness (QED) is 0.177. The molecule has 0 amide bonds. The fraction of sp³-hybridized carbons (Fsp3) is 0.200. The molecule has 0 fully saturated rings. The lowest BCUT2D eigenvalue weighted by Crippen LogP contribution is -2.36. The smallest absolute Gasteiger partial charge is 0.157 e. The van der Waals surface area contributed by atoms with Gasteiger partial charge in [0, 0.05) is 29.5 Å². The number of hydrogen-bond donors (Lipinski definition) is 8. The molecule has 4 aromatic carbocycles. The van der Waals surface area contributed by atoms with Gasteiger partial charge in [-0.2, -0.15) is 0 Å². The van der Waals surface area contributed by atoms with E-state index in [1.165, 1.54) is 54.6 Å². The molecule has 4 aromatic rings. The molecule has 2 heterocycles. The van der Waals surface area contributed by atoms with E-state index in [1.807, 2.05) is 0 Å². The molecule has 0 aromatic heterocycles. The molecule has 10 nitrogen and oxygen atoms in total. The fourth-order valence-corrected chi connectivity index (χ4v) is 5.54. The lowest BCUT2D eigenvalue weighted by atomic mass is 9.78. The van der Waals surface area contributed by atoms with Crippen LogP contribution in [0.25, 0.3) is 0 Å². The van der Waals surface area contributed by atoms with Crippen LogP contribution in [0.5, 0.6) is 46.0 Å². The zero-order valence-electron chi connectivity index (χ0n) is 20.8. The van der Waals surface area contributed by atoms with Gasteiger partial charge in [0.2, 0.25) is 0 Å². The number of aliphatic hydroxyl groups excluding tert-OH is 2. The van der Waals surface area contributed by atoms with Gasteiger partial charge >= 0.3 is 0 Å². The maximum atomic E-state index is 11.7. The third kappa shape index (κ3) is 4.14. The highest BCUT2D eigenvalue weighted by Crippen LogP contribution is 2.53. The molecule has 0 bridgehead atoms. The Morgan fingerprint density at radius 2 is 1.23 bits per heavy atom. The number of fused-ring (bicyclic) bond motifs is 2. The van der Waals surface area contributed by atoms with Crippen LogP contribution < -0.4 is 9.47 Å². The number of benzene rings is 4. The van der Waals surface area contributed by atoms with Crippen LogP contribution in [0.4, 0.5) is 0 Å². The minimum Gasteiger partial charge on any atom is -0.508 e. The van der Waals surface area contributed by atoms with Gasteiger partial charge in [0.15, 0.2) is 29.1 Å². The molecule has 6 rings (SSSR count). The van der Waals surface area contributed by atoms with E-state index in [-0.39, 0.29) is 52.2 Å². The summed E-state index contributed by atoms with van der Waals surface area (Å²) in [5.74, 6) is -2.27. The minimum atomic E-state index is -1.34. The summed E-state index contributed by atoms with van der Waals surface area (Å²) in [4.78, 5) is 0. The second kappa shape index (κ2) is 9.44. The van der Waals surface area contributed by atoms with Crippen LogP contribution in [0.15, 0.2) is 66.7 Å². The van der Waals surface area contributed by atoms with Crippen LogP contribution in [0, 0.1) is 0 Å². The number of phenolic OH excluding ortho intramolecular Hbond substituents is 6. The zero-order chi connectivity index (χ0) is 28.3. The maximum Gasteiger partial charge on any atom is 0.157 e. The highest BCUT2D eigenvalue weighted by atomic mass is 16.5. The van der Waals surface area contributed by atoms with Crippen molar-refractivity contribution in [2.45, 2.75) is 36.8 Å². The number of aromatic hydroxyl groups is 6. The molecule has 5 atom stereocenters. The molecular formula is C30H26O10. The maximum absolute atomic E-state index is 11.7. The molecule has 2 aliphatic heterocycles. The highest BCUT2D eigenvalue weighted by Gasteiger charge is 2.44. The van der Waals surface area contributed by atoms with Gasteiger partial charge in [-0.15, -0.1) is 0 Å². The minimum absolute atomic E-state index is 0.0907. The first-order chi connectivity index (χ1) is 19.1. The third-order valence-corrected chi connectivity index (χ3v) is 7.48. The van der Waals surface area contributed by atoms with E-state index >= 15 is 0 Å². The van der Waals surface area contributed by atoms with Gasteiger partial charge in [-0.1, -0.05) is 24.3 Å². The van der Waals surface area contributed by atoms with Crippen LogP contribution in [0.3, 0.4) is 0 Å². The molecule has 0 spiro atoms. The molecule has 0 unspecified atom stereocenters. The molecule has 0 aliphatic carbocycles. The van der Waals surface area contributed by atoms with Gasteiger partial charge in [0.05, 0.1) is 6.10 Å². The SMILES string of the molecule is Oc1ccc2c(c1)O[C@H](c1ccc(O)c(O)c1)[C@@H](O)[C@@H]2c1c(O)ccc2c1O[C@@H](c1ccc(O)c(O)c1)[C@@H](O)C2. The standard InChI is InChI=1S/C30H26O10/c31-16-4-5-17-24(12-16)39-30(15-2-7-19(33)22(36)10-15)27(38)25(17)26-20(34)8-3-14-11-23(37)28(40-29(14)26)13-1-6-18(32)21(35)9-13/h1-10,12,23,25,27-28,30-38H,11H2/t23-,25-,27-,28-,30+/m0/s1. The van der Waals surface area contributed by atoms with Crippen LogP contribution >= 0.6 is 0 Å². The highest BCUT2D eigenvalue weighted by molar-refractivity contribution is 5.60. The average Bonchev–Trinajstić information content (AvgIpc) is 2.92. The first kappa shape index (κ1) is 25.5. The van der Waals surface area contributed by atoms with Crippen molar-refractivity contribution >= 4 is 0 Å². The van der Waals surface area contributed by atoms with Gasteiger partial charge in [0.1, 0.15) is 35.2 Å². The molecule has 8 N–H and O–H groups in total. The van der Waals surface area contributed by atoms with Crippen molar-refractivity contribution in [2.75, 3.05) is 0 Å². The van der Waals surface area contributed by atoms with Crippen molar-refractivity contribution < 1.29 is 50.3 Å². The van der Waals surface area contributed by atoms with Gasteiger partial charge in [-0.3, -0.25) is 0 Å². The average molecular weight is 547 g/mol. The third-order valence-electron chi connectivity index (χ3n) is 7.48. The van der Waals surface area contributed by atoms with Crippen LogP contribution in [-0.2, 0) is 6.42 Å². The summed E-state index contributed by atoms with van der Waals surface area (Å²) < 4.78 is 12.3. The zero-order valence-corrected chi connectivity index (χ0v) is 20.8. The van der Waals surface area contributed by atoms with Gasteiger partial charge in [-0.25, -0.2) is 0 Å². The van der Waals surface area contributed by atoms with Crippen LogP contribution in [0.1, 0.15) is 45.9 Å². The summed E-state index contributed by atoms with van der Waals surface area (Å²) in [5.41, 5.74) is 1.95. The van der Waals surface area contributed by atoms with E-state index in [9.17, 15) is 40.9 Å². The van der Waals surface area contributed by atoms with Crippen molar-refractivity contribution in [1.29, 1.82) is 0 Å². The Bertz CT molecular complexity index is 1620. The van der Waals surface area contributed by atoms with Crippen molar-refractivity contribution in [3.63, 3.8) is 0 Å². The predicted molar refractivity (Wildman–Crippen MR) is 140 cm³/mol. The number of ether oxygens (including phenoxy) is 2. The van der Waals surface area contributed by atoms with E-state index in [0.29, 0.717) is 22.3 Å². The molecule has 0 radical (unpaired) electrons. The van der Waals surface area contributed by atoms with Crippen LogP contribution in [0.2, 0.25) is 0 Å². The number of aliphatic hydroxyl groups is 2. The Balaban J connectivity index is 1.50. The Labute approximate surface area is 227 Å². The first-order valence-corrected chi connectivity index (χ1v) is 12.5. The Hall–Kier alpha value is -4.80. The van der Waals surface area contributed by atoms with Crippen molar-refractivity contribution in [2.24, 2.45) is 0 Å². The summed E-state index contributed by atoms with van der Waals surface area (Å²) in [6, 6.07) is 15.5. The molecule has 206 valence electrons. The van der Waals surface area contributed by atoms with Gasteiger partial charge in [-0.05, 0) is 53.1 Å². The Morgan fingerprint density at radius 3 is 1.88 bits per heavy atom. The predicted octanol–water partition coefficient (Wildman–Crippen LogP) is 3.58. The summed E-state index contributed by atoms with van der Waals surface area (Å²) in [7, 11) is 0. The summed E-state index contributed by atoms with van der Waals surface area (Å²) >= 11 is 0. The molecule has 40 heavy (non-hydrogen) atoms. The summed E-state index contributed by atoms with van der Waals surface area (Å²) in [6.07, 6.45) is -4.29. The normalized spacial score (nSPS) is 23.4. The Morgan fingerprint density at radius 1 is 0.600 bits per heavy atom. The lowest BCUT2D eigenvalue weighted by Gasteiger charge is -2.40. The van der Waals surface area contributed by atoms with E-state index in [2.05, 4.69) is 0 Å². The monoisotopic (exact) mass is 546 g/mol. The van der Waals surface area contributed by atoms with E-state index < -0.39 is 36.1 Å². The number of phenols is 6. The van der Waals surface area contributed by atoms with Crippen molar-refractivity contribution in [3.05, 3.63) is 94.5 Å². The van der Waals surface area contributed by atoms with E-state index in [1.54, 1.807) is 12.1 Å². The van der Waals surface area contributed by atoms with E-state index in [0.717, 1.165) is 0 Å². The first-order valence-electron chi connectivity index (χ1n) is 12.5. The number of hydrogen-bond acceptors (Lipinski definition) is 10. The van der Waals surface area contributed by atoms with E-state index in [4.69, 9.17) is 9.47 Å². The van der Waals surface area contributed by atoms with Gasteiger partial charge < -0.3 is 50.3 Å². The largest absolute Gasteiger partial charge is 0.508 e. The molecule has 2 aliphatic rings. The molecular weight excluding hydrogens is 520 g/mol.